The molecule has 1 fully saturated rings. The van der Waals surface area contributed by atoms with Gasteiger partial charge in [0.25, 0.3) is 0 Å². The number of nitrogens with two attached hydrogens (primary N) is 1. The molecule has 0 bridgehead atoms. The third-order valence-corrected chi connectivity index (χ3v) is 3.85. The van der Waals surface area contributed by atoms with E-state index in [-0.39, 0.29) is 18.2 Å². The minimum atomic E-state index is -1.04. The Kier molecular flexibility index (Phi) is 4.85. The second-order valence-electron chi connectivity index (χ2n) is 5.64. The summed E-state index contributed by atoms with van der Waals surface area (Å²) < 4.78 is 0. The Labute approximate surface area is 110 Å². The average molecular weight is 252 g/mol. The van der Waals surface area contributed by atoms with Gasteiger partial charge in [-0.1, -0.05) is 6.92 Å². The van der Waals surface area contributed by atoms with Crippen LogP contribution in [-0.2, 0) is 4.79 Å². The van der Waals surface area contributed by atoms with Gasteiger partial charge in [-0.15, -0.1) is 0 Å². The summed E-state index contributed by atoms with van der Waals surface area (Å²) in [6, 6.07) is 2.05. The molecule has 2 N–H and O–H groups in total. The molecule has 3 atom stereocenters. The molecule has 0 saturated carbocycles. The zero-order chi connectivity index (χ0) is 13.9. The maximum absolute atomic E-state index is 12.2. The fourth-order valence-corrected chi connectivity index (χ4v) is 2.40. The van der Waals surface area contributed by atoms with Gasteiger partial charge in [-0.3, -0.25) is 14.6 Å². The van der Waals surface area contributed by atoms with Crippen LogP contribution in [0.3, 0.4) is 0 Å². The third kappa shape index (κ3) is 2.89. The summed E-state index contributed by atoms with van der Waals surface area (Å²) in [5, 5.41) is 9.08. The molecule has 0 aromatic carbocycles. The second-order valence-corrected chi connectivity index (χ2v) is 5.64. The highest BCUT2D eigenvalue weighted by Crippen LogP contribution is 2.25. The molecule has 0 radical (unpaired) electrons. The first kappa shape index (κ1) is 15.1. The van der Waals surface area contributed by atoms with Crippen molar-refractivity contribution >= 4 is 5.78 Å². The number of likely N-dealkylation sites (tertiary alicyclic amines) is 1. The first-order chi connectivity index (χ1) is 8.35. The van der Waals surface area contributed by atoms with Gasteiger partial charge in [0.2, 0.25) is 0 Å². The largest absolute Gasteiger partial charge is 0.328 e. The zero-order valence-corrected chi connectivity index (χ0v) is 11.8. The molecule has 1 heterocycles. The van der Waals surface area contributed by atoms with Crippen LogP contribution in [0.5, 0.6) is 0 Å². The highest BCUT2D eigenvalue weighted by molar-refractivity contribution is 5.89. The second kappa shape index (κ2) is 5.79. The van der Waals surface area contributed by atoms with Crippen LogP contribution in [0, 0.1) is 22.7 Å². The van der Waals surface area contributed by atoms with Crippen LogP contribution in [0.1, 0.15) is 20.3 Å². The molecule has 102 valence electrons. The number of carbonyl (C=O) groups is 1. The lowest BCUT2D eigenvalue weighted by Crippen LogP contribution is -2.57. The number of hydrogen-bond donors (Lipinski definition) is 1. The Hall–Kier alpha value is -0.960. The minimum Gasteiger partial charge on any atom is -0.328 e. The Bertz CT molecular complexity index is 349. The van der Waals surface area contributed by atoms with Crippen molar-refractivity contribution in [1.82, 2.24) is 9.80 Å². The minimum absolute atomic E-state index is 0.0445. The third-order valence-electron chi connectivity index (χ3n) is 3.85. The summed E-state index contributed by atoms with van der Waals surface area (Å²) in [6.07, 6.45) is 1.56. The lowest BCUT2D eigenvalue weighted by Gasteiger charge is -2.46. The molecular formula is C13H24N4O. The molecule has 3 unspecified atom stereocenters. The maximum Gasteiger partial charge on any atom is 0.158 e. The fourth-order valence-electron chi connectivity index (χ4n) is 2.40. The van der Waals surface area contributed by atoms with Gasteiger partial charge in [0.1, 0.15) is 5.41 Å². The quantitative estimate of drug-likeness (QED) is 0.734. The molecule has 1 aliphatic rings. The van der Waals surface area contributed by atoms with E-state index in [1.54, 1.807) is 6.92 Å². The molecule has 1 saturated heterocycles. The molecule has 0 aromatic rings. The molecule has 0 amide bonds. The van der Waals surface area contributed by atoms with E-state index in [4.69, 9.17) is 11.0 Å². The van der Waals surface area contributed by atoms with Crippen molar-refractivity contribution < 1.29 is 4.79 Å². The van der Waals surface area contributed by atoms with Crippen LogP contribution >= 0.6 is 0 Å². The van der Waals surface area contributed by atoms with E-state index in [9.17, 15) is 4.79 Å². The van der Waals surface area contributed by atoms with Gasteiger partial charge in [0, 0.05) is 25.6 Å². The normalized spacial score (nSPS) is 25.1. The van der Waals surface area contributed by atoms with Crippen molar-refractivity contribution in [3.8, 4) is 6.07 Å². The van der Waals surface area contributed by atoms with Gasteiger partial charge in [0.15, 0.2) is 5.78 Å². The van der Waals surface area contributed by atoms with Gasteiger partial charge in [-0.2, -0.15) is 5.26 Å². The highest BCUT2D eigenvalue weighted by Gasteiger charge is 2.38. The van der Waals surface area contributed by atoms with Crippen LogP contribution in [0.4, 0.5) is 0 Å². The van der Waals surface area contributed by atoms with Gasteiger partial charge >= 0.3 is 0 Å². The number of nitrogens with zero attached hydrogens (tertiary/aromatic N) is 3. The van der Waals surface area contributed by atoms with Gasteiger partial charge in [-0.05, 0) is 27.4 Å². The summed E-state index contributed by atoms with van der Waals surface area (Å²) in [6.45, 7) is 5.33. The number of ketones is 1. The van der Waals surface area contributed by atoms with Crippen molar-refractivity contribution in [3.05, 3.63) is 0 Å². The predicted octanol–water partition coefficient (Wildman–Crippen LogP) is 0.274. The van der Waals surface area contributed by atoms with Crippen LogP contribution < -0.4 is 5.73 Å². The van der Waals surface area contributed by atoms with Crippen LogP contribution in [0.25, 0.3) is 0 Å². The molecule has 1 rings (SSSR count). The predicted molar refractivity (Wildman–Crippen MR) is 70.6 cm³/mol. The van der Waals surface area contributed by atoms with Crippen molar-refractivity contribution in [3.63, 3.8) is 0 Å². The maximum atomic E-state index is 12.2. The number of rotatable bonds is 6. The Morgan fingerprint density at radius 2 is 2.28 bits per heavy atom. The summed E-state index contributed by atoms with van der Waals surface area (Å²) in [5.74, 6) is -0.196. The summed E-state index contributed by atoms with van der Waals surface area (Å²) in [7, 11) is 4.09. The van der Waals surface area contributed by atoms with Crippen molar-refractivity contribution in [2.45, 2.75) is 26.4 Å². The fraction of sp³-hybridized carbons (Fsp3) is 0.846. The van der Waals surface area contributed by atoms with Crippen molar-refractivity contribution in [2.24, 2.45) is 17.1 Å². The molecule has 5 nitrogen and oxygen atoms in total. The molecule has 0 aliphatic carbocycles. The Morgan fingerprint density at radius 3 is 2.61 bits per heavy atom. The Morgan fingerprint density at radius 1 is 1.67 bits per heavy atom. The monoisotopic (exact) mass is 252 g/mol. The van der Waals surface area contributed by atoms with E-state index in [1.165, 1.54) is 0 Å². The molecular weight excluding hydrogens is 228 g/mol. The molecule has 1 aliphatic heterocycles. The van der Waals surface area contributed by atoms with E-state index in [0.717, 1.165) is 13.0 Å². The zero-order valence-electron chi connectivity index (χ0n) is 11.8. The van der Waals surface area contributed by atoms with Crippen LogP contribution in [0.2, 0.25) is 0 Å². The van der Waals surface area contributed by atoms with Crippen molar-refractivity contribution in [1.29, 1.82) is 5.26 Å². The summed E-state index contributed by atoms with van der Waals surface area (Å²) in [5.41, 5.74) is 4.50. The van der Waals surface area contributed by atoms with Crippen LogP contribution in [-0.4, -0.2) is 55.5 Å². The first-order valence-electron chi connectivity index (χ1n) is 6.42. The van der Waals surface area contributed by atoms with E-state index in [1.807, 2.05) is 27.1 Å². The number of Topliss-reactive ketones (excluding diaryl/α,β-unsaturated/α-hetero) is 1. The first-order valence-corrected chi connectivity index (χ1v) is 6.42. The summed E-state index contributed by atoms with van der Waals surface area (Å²) in [4.78, 5) is 16.7. The SMILES string of the molecule is CC(CN1CCC1N(C)C)C(=O)C(C)(C#N)CN. The highest BCUT2D eigenvalue weighted by atomic mass is 16.1. The van der Waals surface area contributed by atoms with Gasteiger partial charge in [-0.25, -0.2) is 0 Å². The molecule has 5 heteroatoms. The average Bonchev–Trinajstić information content (AvgIpc) is 2.31. The lowest BCUT2D eigenvalue weighted by molar-refractivity contribution is -0.130. The smallest absolute Gasteiger partial charge is 0.158 e. The number of nitriles is 1. The van der Waals surface area contributed by atoms with Crippen molar-refractivity contribution in [2.75, 3.05) is 33.7 Å². The van der Waals surface area contributed by atoms with E-state index in [2.05, 4.69) is 9.80 Å². The van der Waals surface area contributed by atoms with E-state index < -0.39 is 5.41 Å². The standard InChI is InChI=1S/C13H24N4O/c1-10(12(18)13(2,8-14)9-15)7-17-6-5-11(17)16(3)4/h10-11H,5-8,14H2,1-4H3. The van der Waals surface area contributed by atoms with E-state index >= 15 is 0 Å². The van der Waals surface area contributed by atoms with Crippen LogP contribution in [0.15, 0.2) is 0 Å². The molecule has 0 aromatic heterocycles. The Balaban J connectivity index is 2.59. The molecule has 18 heavy (non-hydrogen) atoms. The summed E-state index contributed by atoms with van der Waals surface area (Å²) >= 11 is 0. The number of hydrogen-bond acceptors (Lipinski definition) is 5. The van der Waals surface area contributed by atoms with Gasteiger partial charge < -0.3 is 5.73 Å². The molecule has 0 spiro atoms. The number of carbonyl (C=O) groups excluding carboxylic acids is 1. The van der Waals surface area contributed by atoms with E-state index in [0.29, 0.717) is 12.7 Å². The van der Waals surface area contributed by atoms with Gasteiger partial charge in [0.05, 0.1) is 12.2 Å². The topological polar surface area (TPSA) is 73.4 Å². The lowest BCUT2D eigenvalue weighted by atomic mass is 9.81.